The first kappa shape index (κ1) is 9.88. The highest BCUT2D eigenvalue weighted by Gasteiger charge is 2.10. The third-order valence-electron chi connectivity index (χ3n) is 1.38. The Kier molecular flexibility index (Phi) is 3.86. The summed E-state index contributed by atoms with van der Waals surface area (Å²) < 4.78 is 0. The van der Waals surface area contributed by atoms with E-state index < -0.39 is 0 Å². The Morgan fingerprint density at radius 3 is 2.30 bits per heavy atom. The van der Waals surface area contributed by atoms with Gasteiger partial charge in [0.1, 0.15) is 0 Å². The molecular formula is C7H18N2O. The molecule has 0 aromatic carbocycles. The number of hydrogen-bond donors (Lipinski definition) is 1. The average Bonchev–Trinajstić information content (AvgIpc) is 1.81. The molecule has 0 aliphatic carbocycles. The number of hydroxylamine groups is 2. The SMILES string of the molecule is CON(C)CCC(C)(C)N. The minimum absolute atomic E-state index is 0.0905. The number of nitrogens with two attached hydrogens (primary N) is 1. The zero-order valence-electron chi connectivity index (χ0n) is 7.35. The Hall–Kier alpha value is -0.120. The van der Waals surface area contributed by atoms with Crippen molar-refractivity contribution in [3.8, 4) is 0 Å². The largest absolute Gasteiger partial charge is 0.326 e. The van der Waals surface area contributed by atoms with E-state index in [-0.39, 0.29) is 5.54 Å². The molecule has 0 fully saturated rings. The summed E-state index contributed by atoms with van der Waals surface area (Å²) in [5.41, 5.74) is 5.67. The van der Waals surface area contributed by atoms with Crippen molar-refractivity contribution in [2.24, 2.45) is 5.73 Å². The third kappa shape index (κ3) is 6.01. The van der Waals surface area contributed by atoms with Crippen LogP contribution in [0, 0.1) is 0 Å². The van der Waals surface area contributed by atoms with E-state index in [1.807, 2.05) is 20.9 Å². The molecule has 0 aliphatic rings. The van der Waals surface area contributed by atoms with Gasteiger partial charge in [0.2, 0.25) is 0 Å². The zero-order valence-corrected chi connectivity index (χ0v) is 7.35. The predicted octanol–water partition coefficient (Wildman–Crippen LogP) is 0.607. The van der Waals surface area contributed by atoms with Gasteiger partial charge in [-0.1, -0.05) is 0 Å². The molecule has 0 saturated heterocycles. The highest BCUT2D eigenvalue weighted by atomic mass is 16.7. The Labute approximate surface area is 63.1 Å². The second-order valence-corrected chi connectivity index (χ2v) is 3.27. The second-order valence-electron chi connectivity index (χ2n) is 3.27. The molecule has 0 radical (unpaired) electrons. The molecule has 0 saturated carbocycles. The van der Waals surface area contributed by atoms with Crippen molar-refractivity contribution in [1.82, 2.24) is 5.06 Å². The molecule has 0 amide bonds. The molecule has 0 heterocycles. The van der Waals surface area contributed by atoms with E-state index >= 15 is 0 Å². The highest BCUT2D eigenvalue weighted by molar-refractivity contribution is 4.71. The Bertz CT molecular complexity index is 88.1. The van der Waals surface area contributed by atoms with Gasteiger partial charge in [0.15, 0.2) is 0 Å². The van der Waals surface area contributed by atoms with Crippen LogP contribution in [0.1, 0.15) is 20.3 Å². The summed E-state index contributed by atoms with van der Waals surface area (Å²) in [5, 5.41) is 1.77. The van der Waals surface area contributed by atoms with Crippen LogP contribution < -0.4 is 5.73 Å². The third-order valence-corrected chi connectivity index (χ3v) is 1.38. The van der Waals surface area contributed by atoms with E-state index in [9.17, 15) is 0 Å². The van der Waals surface area contributed by atoms with Gasteiger partial charge in [-0.15, -0.1) is 0 Å². The molecule has 0 spiro atoms. The van der Waals surface area contributed by atoms with Crippen molar-refractivity contribution in [3.63, 3.8) is 0 Å². The zero-order chi connectivity index (χ0) is 8.20. The molecule has 3 heteroatoms. The van der Waals surface area contributed by atoms with Crippen LogP contribution in [0.2, 0.25) is 0 Å². The number of hydrogen-bond acceptors (Lipinski definition) is 3. The standard InChI is InChI=1S/C7H18N2O/c1-7(2,8)5-6-9(3)10-4/h5-6,8H2,1-4H3. The van der Waals surface area contributed by atoms with E-state index in [2.05, 4.69) is 0 Å². The lowest BCUT2D eigenvalue weighted by Crippen LogP contribution is -2.36. The summed E-state index contributed by atoms with van der Waals surface area (Å²) in [6.07, 6.45) is 0.942. The Morgan fingerprint density at radius 1 is 1.50 bits per heavy atom. The van der Waals surface area contributed by atoms with Crippen LogP contribution in [0.5, 0.6) is 0 Å². The van der Waals surface area contributed by atoms with Crippen LogP contribution in [0.3, 0.4) is 0 Å². The lowest BCUT2D eigenvalue weighted by atomic mass is 10.0. The summed E-state index contributed by atoms with van der Waals surface area (Å²) in [6, 6.07) is 0. The molecule has 2 N–H and O–H groups in total. The Balaban J connectivity index is 3.36. The fourth-order valence-electron chi connectivity index (χ4n) is 0.537. The molecular weight excluding hydrogens is 128 g/mol. The maximum absolute atomic E-state index is 5.76. The minimum Gasteiger partial charge on any atom is -0.326 e. The van der Waals surface area contributed by atoms with Gasteiger partial charge in [-0.25, -0.2) is 0 Å². The number of nitrogens with zero attached hydrogens (tertiary/aromatic N) is 1. The van der Waals surface area contributed by atoms with Gasteiger partial charge in [-0.2, -0.15) is 5.06 Å². The van der Waals surface area contributed by atoms with Crippen LogP contribution >= 0.6 is 0 Å². The average molecular weight is 146 g/mol. The van der Waals surface area contributed by atoms with Gasteiger partial charge in [0, 0.05) is 19.1 Å². The first-order chi connectivity index (χ1) is 4.45. The lowest BCUT2D eigenvalue weighted by Gasteiger charge is -2.21. The summed E-state index contributed by atoms with van der Waals surface area (Å²) >= 11 is 0. The van der Waals surface area contributed by atoms with E-state index in [0.29, 0.717) is 0 Å². The summed E-state index contributed by atoms with van der Waals surface area (Å²) in [6.45, 7) is 4.90. The summed E-state index contributed by atoms with van der Waals surface area (Å²) in [5.74, 6) is 0. The first-order valence-corrected chi connectivity index (χ1v) is 3.50. The van der Waals surface area contributed by atoms with Gasteiger partial charge in [0.05, 0.1) is 7.11 Å². The quantitative estimate of drug-likeness (QED) is 0.590. The topological polar surface area (TPSA) is 38.5 Å². The van der Waals surface area contributed by atoms with Crippen LogP contribution in [0.15, 0.2) is 0 Å². The molecule has 0 bridgehead atoms. The second kappa shape index (κ2) is 3.91. The molecule has 0 aromatic rings. The van der Waals surface area contributed by atoms with Crippen molar-refractivity contribution in [3.05, 3.63) is 0 Å². The van der Waals surface area contributed by atoms with Crippen molar-refractivity contribution < 1.29 is 4.84 Å². The van der Waals surface area contributed by atoms with Crippen LogP contribution in [-0.2, 0) is 4.84 Å². The van der Waals surface area contributed by atoms with Crippen molar-refractivity contribution in [2.75, 3.05) is 20.7 Å². The molecule has 0 aromatic heterocycles. The molecule has 0 aliphatic heterocycles. The first-order valence-electron chi connectivity index (χ1n) is 3.50. The van der Waals surface area contributed by atoms with E-state index in [4.69, 9.17) is 10.6 Å². The summed E-state index contributed by atoms with van der Waals surface area (Å²) in [7, 11) is 3.55. The lowest BCUT2D eigenvalue weighted by molar-refractivity contribution is -0.111. The molecule has 62 valence electrons. The number of rotatable bonds is 4. The molecule has 3 nitrogen and oxygen atoms in total. The summed E-state index contributed by atoms with van der Waals surface area (Å²) in [4.78, 5) is 4.92. The van der Waals surface area contributed by atoms with Crippen molar-refractivity contribution in [2.45, 2.75) is 25.8 Å². The van der Waals surface area contributed by atoms with Crippen LogP contribution in [0.25, 0.3) is 0 Å². The smallest absolute Gasteiger partial charge is 0.0575 e. The monoisotopic (exact) mass is 146 g/mol. The van der Waals surface area contributed by atoms with Crippen molar-refractivity contribution >= 4 is 0 Å². The molecule has 0 atom stereocenters. The maximum Gasteiger partial charge on any atom is 0.0575 e. The van der Waals surface area contributed by atoms with E-state index in [1.54, 1.807) is 12.2 Å². The van der Waals surface area contributed by atoms with E-state index in [1.165, 1.54) is 0 Å². The predicted molar refractivity (Wildman–Crippen MR) is 42.5 cm³/mol. The molecule has 0 rings (SSSR count). The van der Waals surface area contributed by atoms with Gasteiger partial charge in [-0.05, 0) is 20.3 Å². The molecule has 10 heavy (non-hydrogen) atoms. The van der Waals surface area contributed by atoms with Gasteiger partial charge in [-0.3, -0.25) is 0 Å². The van der Waals surface area contributed by atoms with Gasteiger partial charge >= 0.3 is 0 Å². The van der Waals surface area contributed by atoms with Gasteiger partial charge in [0.25, 0.3) is 0 Å². The highest BCUT2D eigenvalue weighted by Crippen LogP contribution is 2.03. The Morgan fingerprint density at radius 2 is 2.00 bits per heavy atom. The van der Waals surface area contributed by atoms with Gasteiger partial charge < -0.3 is 10.6 Å². The normalized spacial score (nSPS) is 12.6. The minimum atomic E-state index is -0.0905. The molecule has 0 unspecified atom stereocenters. The maximum atomic E-state index is 5.76. The fourth-order valence-corrected chi connectivity index (χ4v) is 0.537. The fraction of sp³-hybridized carbons (Fsp3) is 1.00. The van der Waals surface area contributed by atoms with E-state index in [0.717, 1.165) is 13.0 Å². The van der Waals surface area contributed by atoms with Crippen LogP contribution in [-0.4, -0.2) is 31.3 Å². The van der Waals surface area contributed by atoms with Crippen LogP contribution in [0.4, 0.5) is 0 Å². The van der Waals surface area contributed by atoms with Crippen molar-refractivity contribution in [1.29, 1.82) is 0 Å².